The van der Waals surface area contributed by atoms with Crippen LogP contribution < -0.4 is 5.56 Å². The summed E-state index contributed by atoms with van der Waals surface area (Å²) in [5.41, 5.74) is 0.443. The van der Waals surface area contributed by atoms with Crippen LogP contribution in [0.2, 0.25) is 5.15 Å². The average molecular weight is 292 g/mol. The second kappa shape index (κ2) is 5.85. The second-order valence-electron chi connectivity index (χ2n) is 4.19. The number of hydrogen-bond acceptors (Lipinski definition) is 3. The van der Waals surface area contributed by atoms with E-state index in [0.29, 0.717) is 23.4 Å². The summed E-state index contributed by atoms with van der Waals surface area (Å²) in [4.78, 5) is 16.0. The molecule has 2 aromatic rings. The van der Waals surface area contributed by atoms with Crippen LogP contribution in [0.15, 0.2) is 29.1 Å². The molecule has 102 valence electrons. The smallest absolute Gasteiger partial charge is 0.255 e. The number of benzene rings is 1. The zero-order valence-corrected chi connectivity index (χ0v) is 11.5. The van der Waals surface area contributed by atoms with E-state index in [4.69, 9.17) is 16.9 Å². The number of hydrogen-bond donors (Lipinski definition) is 0. The van der Waals surface area contributed by atoms with Crippen LogP contribution in [0.4, 0.5) is 4.39 Å². The molecule has 0 radical (unpaired) electrons. The van der Waals surface area contributed by atoms with Gasteiger partial charge in [-0.15, -0.1) is 0 Å². The van der Waals surface area contributed by atoms with Crippen LogP contribution in [0.25, 0.3) is 0 Å². The molecule has 0 N–H and O–H groups in total. The molecule has 20 heavy (non-hydrogen) atoms. The summed E-state index contributed by atoms with van der Waals surface area (Å²) < 4.78 is 14.7. The van der Waals surface area contributed by atoms with E-state index in [1.807, 2.05) is 13.0 Å². The fraction of sp³-hybridized carbons (Fsp3) is 0.214. The standard InChI is InChI=1S/C14H11ClFN3O/c1-2-13-18-12(15)6-14(20)19(13)8-10-5-11(16)4-3-9(10)7-17/h3-6H,2,8H2,1H3. The first kappa shape index (κ1) is 14.2. The number of rotatable bonds is 3. The predicted octanol–water partition coefficient (Wildman–Crippen LogP) is 2.52. The van der Waals surface area contributed by atoms with E-state index >= 15 is 0 Å². The maximum Gasteiger partial charge on any atom is 0.255 e. The molecule has 0 bridgehead atoms. The average Bonchev–Trinajstić information content (AvgIpc) is 2.41. The largest absolute Gasteiger partial charge is 0.292 e. The molecule has 1 aromatic carbocycles. The first-order valence-corrected chi connectivity index (χ1v) is 6.37. The molecule has 1 aromatic heterocycles. The molecule has 0 fully saturated rings. The van der Waals surface area contributed by atoms with Crippen molar-refractivity contribution in [1.82, 2.24) is 9.55 Å². The second-order valence-corrected chi connectivity index (χ2v) is 4.57. The molecule has 0 unspecified atom stereocenters. The van der Waals surface area contributed by atoms with E-state index in [-0.39, 0.29) is 17.3 Å². The molecule has 6 heteroatoms. The molecule has 0 aliphatic rings. The molecule has 0 atom stereocenters. The minimum Gasteiger partial charge on any atom is -0.292 e. The first-order chi connectivity index (χ1) is 9.55. The Morgan fingerprint density at radius 1 is 1.45 bits per heavy atom. The van der Waals surface area contributed by atoms with Gasteiger partial charge in [-0.25, -0.2) is 9.37 Å². The third-order valence-electron chi connectivity index (χ3n) is 2.89. The van der Waals surface area contributed by atoms with Crippen molar-refractivity contribution in [3.8, 4) is 6.07 Å². The molecular formula is C14H11ClFN3O. The number of aromatic nitrogens is 2. The number of nitriles is 1. The van der Waals surface area contributed by atoms with Crippen LogP contribution in [0.3, 0.4) is 0 Å². The SMILES string of the molecule is CCc1nc(Cl)cc(=O)n1Cc1cc(F)ccc1C#N. The van der Waals surface area contributed by atoms with Gasteiger partial charge in [-0.05, 0) is 23.8 Å². The van der Waals surface area contributed by atoms with Gasteiger partial charge < -0.3 is 0 Å². The Morgan fingerprint density at radius 2 is 2.20 bits per heavy atom. The van der Waals surface area contributed by atoms with Gasteiger partial charge in [0.1, 0.15) is 16.8 Å². The summed E-state index contributed by atoms with van der Waals surface area (Å²) in [6.45, 7) is 1.93. The summed E-state index contributed by atoms with van der Waals surface area (Å²) >= 11 is 5.75. The predicted molar refractivity (Wildman–Crippen MR) is 73.1 cm³/mol. The molecule has 0 saturated heterocycles. The van der Waals surface area contributed by atoms with Crippen molar-refractivity contribution >= 4 is 11.6 Å². The summed E-state index contributed by atoms with van der Waals surface area (Å²) in [6, 6.07) is 7.04. The minimum atomic E-state index is -0.452. The van der Waals surface area contributed by atoms with Gasteiger partial charge in [-0.1, -0.05) is 18.5 Å². The van der Waals surface area contributed by atoms with Crippen molar-refractivity contribution in [2.75, 3.05) is 0 Å². The highest BCUT2D eigenvalue weighted by atomic mass is 35.5. The van der Waals surface area contributed by atoms with Crippen molar-refractivity contribution in [3.63, 3.8) is 0 Å². The van der Waals surface area contributed by atoms with Gasteiger partial charge in [0.15, 0.2) is 0 Å². The van der Waals surface area contributed by atoms with E-state index in [1.165, 1.54) is 28.8 Å². The Hall–Kier alpha value is -2.19. The van der Waals surface area contributed by atoms with Crippen LogP contribution in [0.1, 0.15) is 23.9 Å². The molecule has 4 nitrogen and oxygen atoms in total. The van der Waals surface area contributed by atoms with Crippen molar-refractivity contribution < 1.29 is 4.39 Å². The molecule has 2 rings (SSSR count). The van der Waals surface area contributed by atoms with Crippen molar-refractivity contribution in [1.29, 1.82) is 5.26 Å². The van der Waals surface area contributed by atoms with E-state index in [2.05, 4.69) is 4.98 Å². The van der Waals surface area contributed by atoms with E-state index in [0.717, 1.165) is 0 Å². The Bertz CT molecular complexity index is 749. The number of nitrogens with zero attached hydrogens (tertiary/aromatic N) is 3. The Kier molecular flexibility index (Phi) is 4.16. The molecule has 1 heterocycles. The first-order valence-electron chi connectivity index (χ1n) is 6.00. The van der Waals surface area contributed by atoms with Gasteiger partial charge in [0.25, 0.3) is 5.56 Å². The molecule has 0 aliphatic heterocycles. The maximum absolute atomic E-state index is 13.3. The van der Waals surface area contributed by atoms with Crippen LogP contribution in [0, 0.1) is 17.1 Å². The van der Waals surface area contributed by atoms with Gasteiger partial charge in [-0.3, -0.25) is 9.36 Å². The van der Waals surface area contributed by atoms with Gasteiger partial charge in [0.05, 0.1) is 18.2 Å². The highest BCUT2D eigenvalue weighted by Gasteiger charge is 2.10. The van der Waals surface area contributed by atoms with Crippen LogP contribution in [-0.2, 0) is 13.0 Å². The van der Waals surface area contributed by atoms with Crippen LogP contribution >= 0.6 is 11.6 Å². The summed E-state index contributed by atoms with van der Waals surface area (Å²) in [5, 5.41) is 9.16. The zero-order chi connectivity index (χ0) is 14.7. The lowest BCUT2D eigenvalue weighted by atomic mass is 10.1. The van der Waals surface area contributed by atoms with E-state index in [1.54, 1.807) is 0 Å². The van der Waals surface area contributed by atoms with Crippen molar-refractivity contribution in [2.45, 2.75) is 19.9 Å². The Labute approximate surface area is 120 Å². The van der Waals surface area contributed by atoms with Crippen LogP contribution in [-0.4, -0.2) is 9.55 Å². The fourth-order valence-corrected chi connectivity index (χ4v) is 2.13. The lowest BCUT2D eigenvalue weighted by molar-refractivity contribution is 0.618. The minimum absolute atomic E-state index is 0.0901. The van der Waals surface area contributed by atoms with Gasteiger partial charge >= 0.3 is 0 Å². The summed E-state index contributed by atoms with van der Waals surface area (Å²) in [5.74, 6) is 0.0441. The van der Waals surface area contributed by atoms with Gasteiger partial charge in [0, 0.05) is 12.5 Å². The lowest BCUT2D eigenvalue weighted by Gasteiger charge is -2.12. The van der Waals surface area contributed by atoms with Gasteiger partial charge in [-0.2, -0.15) is 5.26 Å². The Balaban J connectivity index is 2.53. The highest BCUT2D eigenvalue weighted by molar-refractivity contribution is 6.29. The normalized spacial score (nSPS) is 10.3. The highest BCUT2D eigenvalue weighted by Crippen LogP contribution is 2.13. The Morgan fingerprint density at radius 3 is 2.85 bits per heavy atom. The van der Waals surface area contributed by atoms with Gasteiger partial charge in [0.2, 0.25) is 0 Å². The van der Waals surface area contributed by atoms with Crippen molar-refractivity contribution in [2.24, 2.45) is 0 Å². The fourth-order valence-electron chi connectivity index (χ4n) is 1.93. The monoisotopic (exact) mass is 291 g/mol. The topological polar surface area (TPSA) is 58.7 Å². The van der Waals surface area contributed by atoms with E-state index in [9.17, 15) is 9.18 Å². The third kappa shape index (κ3) is 2.86. The number of aryl methyl sites for hydroxylation is 1. The molecule has 0 saturated carbocycles. The molecule has 0 aliphatic carbocycles. The zero-order valence-electron chi connectivity index (χ0n) is 10.7. The van der Waals surface area contributed by atoms with Crippen molar-refractivity contribution in [3.05, 3.63) is 62.5 Å². The summed E-state index contributed by atoms with van der Waals surface area (Å²) in [7, 11) is 0. The molecule has 0 spiro atoms. The maximum atomic E-state index is 13.3. The van der Waals surface area contributed by atoms with Crippen LogP contribution in [0.5, 0.6) is 0 Å². The summed E-state index contributed by atoms with van der Waals surface area (Å²) in [6.07, 6.45) is 0.507. The lowest BCUT2D eigenvalue weighted by Crippen LogP contribution is -2.25. The third-order valence-corrected chi connectivity index (χ3v) is 3.08. The number of halogens is 2. The molecular weight excluding hydrogens is 281 g/mol. The molecule has 0 amide bonds. The quantitative estimate of drug-likeness (QED) is 0.817. The van der Waals surface area contributed by atoms with E-state index < -0.39 is 5.82 Å².